The summed E-state index contributed by atoms with van der Waals surface area (Å²) in [7, 11) is 1.69. The van der Waals surface area contributed by atoms with E-state index in [0.717, 1.165) is 17.5 Å². The fraction of sp³-hybridized carbons (Fsp3) is 0.471. The smallest absolute Gasteiger partial charge is 0.407 e. The summed E-state index contributed by atoms with van der Waals surface area (Å²) in [5.41, 5.74) is 1.83. The fourth-order valence-corrected chi connectivity index (χ4v) is 1.68. The third kappa shape index (κ3) is 8.15. The number of nitrogens with one attached hydrogen (secondary N) is 1. The summed E-state index contributed by atoms with van der Waals surface area (Å²) in [4.78, 5) is 11.4. The van der Waals surface area contributed by atoms with Gasteiger partial charge in [0.2, 0.25) is 0 Å². The molecular formula is C17H25NO3. The lowest BCUT2D eigenvalue weighted by Crippen LogP contribution is -2.32. The van der Waals surface area contributed by atoms with Crippen LogP contribution in [0.1, 0.15) is 38.3 Å². The maximum Gasteiger partial charge on any atom is 0.407 e. The van der Waals surface area contributed by atoms with Gasteiger partial charge in [0.1, 0.15) is 5.60 Å². The SMILES string of the molecule is COCc1ccc(C=CCCNC(=O)OC(C)(C)C)cc1. The molecule has 1 N–H and O–H groups in total. The van der Waals surface area contributed by atoms with E-state index < -0.39 is 5.60 Å². The van der Waals surface area contributed by atoms with Crippen LogP contribution in [0.5, 0.6) is 0 Å². The number of carbonyl (C=O) groups excluding carboxylic acids is 1. The van der Waals surface area contributed by atoms with Crippen molar-refractivity contribution in [3.8, 4) is 0 Å². The zero-order chi connectivity index (χ0) is 15.7. The Kier molecular flexibility index (Phi) is 6.96. The zero-order valence-corrected chi connectivity index (χ0v) is 13.3. The van der Waals surface area contributed by atoms with Crippen LogP contribution in [-0.2, 0) is 16.1 Å². The van der Waals surface area contributed by atoms with E-state index in [1.807, 2.05) is 57.2 Å². The Balaban J connectivity index is 2.27. The van der Waals surface area contributed by atoms with Crippen LogP contribution in [0.25, 0.3) is 6.08 Å². The van der Waals surface area contributed by atoms with Crippen molar-refractivity contribution in [2.75, 3.05) is 13.7 Å². The van der Waals surface area contributed by atoms with Crippen molar-refractivity contribution in [3.05, 3.63) is 41.5 Å². The maximum absolute atomic E-state index is 11.4. The van der Waals surface area contributed by atoms with Gasteiger partial charge < -0.3 is 14.8 Å². The summed E-state index contributed by atoms with van der Waals surface area (Å²) < 4.78 is 10.2. The third-order valence-electron chi connectivity index (χ3n) is 2.58. The highest BCUT2D eigenvalue weighted by Crippen LogP contribution is 2.08. The highest BCUT2D eigenvalue weighted by molar-refractivity contribution is 5.67. The molecule has 21 heavy (non-hydrogen) atoms. The van der Waals surface area contributed by atoms with Gasteiger partial charge in [0.15, 0.2) is 0 Å². The molecule has 116 valence electrons. The van der Waals surface area contributed by atoms with E-state index >= 15 is 0 Å². The predicted molar refractivity (Wildman–Crippen MR) is 85.0 cm³/mol. The van der Waals surface area contributed by atoms with Crippen LogP contribution in [0.2, 0.25) is 0 Å². The number of alkyl carbamates (subject to hydrolysis) is 1. The molecular weight excluding hydrogens is 266 g/mol. The highest BCUT2D eigenvalue weighted by atomic mass is 16.6. The first kappa shape index (κ1) is 17.2. The first-order chi connectivity index (χ1) is 9.90. The number of methoxy groups -OCH3 is 1. The van der Waals surface area contributed by atoms with Crippen molar-refractivity contribution in [3.63, 3.8) is 0 Å². The first-order valence-electron chi connectivity index (χ1n) is 7.12. The lowest BCUT2D eigenvalue weighted by molar-refractivity contribution is 0.0529. The van der Waals surface area contributed by atoms with Gasteiger partial charge in [-0.2, -0.15) is 0 Å². The minimum Gasteiger partial charge on any atom is -0.444 e. The molecule has 0 spiro atoms. The van der Waals surface area contributed by atoms with E-state index in [0.29, 0.717) is 13.2 Å². The van der Waals surface area contributed by atoms with Gasteiger partial charge in [-0.25, -0.2) is 4.79 Å². The molecule has 0 bridgehead atoms. The van der Waals surface area contributed by atoms with E-state index in [1.165, 1.54) is 0 Å². The molecule has 0 aliphatic carbocycles. The summed E-state index contributed by atoms with van der Waals surface area (Å²) in [6.07, 6.45) is 4.45. The molecule has 0 heterocycles. The number of benzene rings is 1. The molecule has 0 radical (unpaired) electrons. The van der Waals surface area contributed by atoms with Gasteiger partial charge in [-0.05, 0) is 38.3 Å². The van der Waals surface area contributed by atoms with Crippen LogP contribution >= 0.6 is 0 Å². The van der Waals surface area contributed by atoms with E-state index in [2.05, 4.69) is 5.32 Å². The second-order valence-electron chi connectivity index (χ2n) is 5.79. The molecule has 0 saturated heterocycles. The van der Waals surface area contributed by atoms with Crippen molar-refractivity contribution in [1.29, 1.82) is 0 Å². The number of carbonyl (C=O) groups is 1. The van der Waals surface area contributed by atoms with Crippen LogP contribution in [0.4, 0.5) is 4.79 Å². The topological polar surface area (TPSA) is 47.6 Å². The van der Waals surface area contributed by atoms with Crippen molar-refractivity contribution < 1.29 is 14.3 Å². The molecule has 4 nitrogen and oxygen atoms in total. The normalized spacial score (nSPS) is 11.6. The van der Waals surface area contributed by atoms with Gasteiger partial charge in [-0.15, -0.1) is 0 Å². The van der Waals surface area contributed by atoms with Crippen LogP contribution < -0.4 is 5.32 Å². The molecule has 0 aromatic heterocycles. The van der Waals surface area contributed by atoms with Crippen LogP contribution in [-0.4, -0.2) is 25.3 Å². The summed E-state index contributed by atoms with van der Waals surface area (Å²) in [5.74, 6) is 0. The Morgan fingerprint density at radius 1 is 1.24 bits per heavy atom. The number of hydrogen-bond acceptors (Lipinski definition) is 3. The quantitative estimate of drug-likeness (QED) is 0.812. The molecule has 1 rings (SSSR count). The van der Waals surface area contributed by atoms with Crippen LogP contribution in [0.3, 0.4) is 0 Å². The molecule has 0 aliphatic heterocycles. The maximum atomic E-state index is 11.4. The molecule has 0 fully saturated rings. The molecule has 1 aromatic rings. The van der Waals surface area contributed by atoms with Gasteiger partial charge >= 0.3 is 6.09 Å². The standard InChI is InChI=1S/C17H25NO3/c1-17(2,3)21-16(19)18-12-6-5-7-14-8-10-15(11-9-14)13-20-4/h5,7-11H,6,12-13H2,1-4H3,(H,18,19). The minimum absolute atomic E-state index is 0.375. The molecule has 4 heteroatoms. The fourth-order valence-electron chi connectivity index (χ4n) is 1.68. The number of ether oxygens (including phenoxy) is 2. The van der Waals surface area contributed by atoms with E-state index in [-0.39, 0.29) is 6.09 Å². The molecule has 0 unspecified atom stereocenters. The van der Waals surface area contributed by atoms with E-state index in [4.69, 9.17) is 9.47 Å². The van der Waals surface area contributed by atoms with E-state index in [9.17, 15) is 4.79 Å². The second-order valence-corrected chi connectivity index (χ2v) is 5.79. The average Bonchev–Trinajstić information content (AvgIpc) is 2.38. The number of rotatable bonds is 6. The summed E-state index contributed by atoms with van der Waals surface area (Å²) >= 11 is 0. The first-order valence-corrected chi connectivity index (χ1v) is 7.12. The lowest BCUT2D eigenvalue weighted by atomic mass is 10.1. The monoisotopic (exact) mass is 291 g/mol. The minimum atomic E-state index is -0.454. The van der Waals surface area contributed by atoms with Crippen LogP contribution in [0, 0.1) is 0 Å². The summed E-state index contributed by atoms with van der Waals surface area (Å²) in [6.45, 7) is 6.73. The molecule has 0 saturated carbocycles. The average molecular weight is 291 g/mol. The predicted octanol–water partition coefficient (Wildman–Crippen LogP) is 3.76. The molecule has 1 aromatic carbocycles. The van der Waals surface area contributed by atoms with Crippen molar-refractivity contribution in [2.45, 2.75) is 39.4 Å². The Labute approximate surface area is 127 Å². The second kappa shape index (κ2) is 8.47. The number of amides is 1. The van der Waals surface area contributed by atoms with Gasteiger partial charge in [-0.1, -0.05) is 36.4 Å². The van der Waals surface area contributed by atoms with Crippen molar-refractivity contribution in [1.82, 2.24) is 5.32 Å². The summed E-state index contributed by atoms with van der Waals surface area (Å²) in [6, 6.07) is 8.18. The molecule has 0 atom stereocenters. The van der Waals surface area contributed by atoms with Crippen LogP contribution in [0.15, 0.2) is 30.3 Å². The molecule has 0 aliphatic rings. The van der Waals surface area contributed by atoms with E-state index in [1.54, 1.807) is 7.11 Å². The zero-order valence-electron chi connectivity index (χ0n) is 13.3. The van der Waals surface area contributed by atoms with Crippen molar-refractivity contribution in [2.24, 2.45) is 0 Å². The highest BCUT2D eigenvalue weighted by Gasteiger charge is 2.15. The van der Waals surface area contributed by atoms with Gasteiger partial charge in [0.25, 0.3) is 0 Å². The Bertz CT molecular complexity index is 458. The lowest BCUT2D eigenvalue weighted by Gasteiger charge is -2.19. The summed E-state index contributed by atoms with van der Waals surface area (Å²) in [5, 5.41) is 2.72. The van der Waals surface area contributed by atoms with Gasteiger partial charge in [-0.3, -0.25) is 0 Å². The Morgan fingerprint density at radius 3 is 2.48 bits per heavy atom. The van der Waals surface area contributed by atoms with Crippen molar-refractivity contribution >= 4 is 12.2 Å². The number of hydrogen-bond donors (Lipinski definition) is 1. The largest absolute Gasteiger partial charge is 0.444 e. The third-order valence-corrected chi connectivity index (χ3v) is 2.58. The Morgan fingerprint density at radius 2 is 1.90 bits per heavy atom. The molecule has 1 amide bonds. The van der Waals surface area contributed by atoms with Gasteiger partial charge in [0, 0.05) is 13.7 Å². The Hall–Kier alpha value is -1.81. The van der Waals surface area contributed by atoms with Gasteiger partial charge in [0.05, 0.1) is 6.61 Å².